The summed E-state index contributed by atoms with van der Waals surface area (Å²) in [6.07, 6.45) is 31.6. The van der Waals surface area contributed by atoms with Gasteiger partial charge < -0.3 is 0 Å². The van der Waals surface area contributed by atoms with Crippen molar-refractivity contribution >= 4 is 0 Å². The van der Waals surface area contributed by atoms with Crippen LogP contribution in [0.2, 0.25) is 0 Å². The molecule has 8 bridgehead atoms. The minimum atomic E-state index is 0.532. The van der Waals surface area contributed by atoms with E-state index in [1.54, 1.807) is 38.5 Å². The molecule has 6 nitrogen and oxygen atoms in total. The molecule has 5 unspecified atom stereocenters. The van der Waals surface area contributed by atoms with Gasteiger partial charge in [-0.05, 0) is 138 Å². The number of rotatable bonds is 2. The highest BCUT2D eigenvalue weighted by Crippen LogP contribution is 2.61. The van der Waals surface area contributed by atoms with Gasteiger partial charge >= 0.3 is 0 Å². The lowest BCUT2D eigenvalue weighted by atomic mass is 9.52. The predicted octanol–water partition coefficient (Wildman–Crippen LogP) is 5.90. The van der Waals surface area contributed by atoms with Gasteiger partial charge in [0.15, 0.2) is 0 Å². The van der Waals surface area contributed by atoms with Crippen molar-refractivity contribution < 1.29 is 0 Å². The number of hydrogen-bond acceptors (Lipinski definition) is 6. The average molecular weight is 601 g/mol. The van der Waals surface area contributed by atoms with Crippen molar-refractivity contribution in [3.63, 3.8) is 0 Å². The zero-order valence-electron chi connectivity index (χ0n) is 27.6. The summed E-state index contributed by atoms with van der Waals surface area (Å²) in [6.45, 7) is 5.18. The third kappa shape index (κ3) is 3.55. The van der Waals surface area contributed by atoms with E-state index in [9.17, 15) is 0 Å². The summed E-state index contributed by atoms with van der Waals surface area (Å²) in [5, 5.41) is 0. The summed E-state index contributed by atoms with van der Waals surface area (Å²) < 4.78 is 0. The molecule has 0 aromatic carbocycles. The van der Waals surface area contributed by atoms with Crippen LogP contribution in [0.15, 0.2) is 0 Å². The van der Waals surface area contributed by atoms with Crippen LogP contribution in [0, 0.1) is 35.5 Å². The van der Waals surface area contributed by atoms with Crippen LogP contribution in [-0.4, -0.2) is 104 Å². The average Bonchev–Trinajstić information content (AvgIpc) is 3.02. The first-order valence-corrected chi connectivity index (χ1v) is 20.1. The molecule has 10 saturated carbocycles. The van der Waals surface area contributed by atoms with Crippen molar-refractivity contribution in [1.82, 2.24) is 29.4 Å². The maximum atomic E-state index is 3.21. The molecule has 0 amide bonds. The summed E-state index contributed by atoms with van der Waals surface area (Å²) in [6, 6.07) is 3.12. The Balaban J connectivity index is 0.936. The van der Waals surface area contributed by atoms with Gasteiger partial charge in [-0.2, -0.15) is 0 Å². The predicted molar refractivity (Wildman–Crippen MR) is 172 cm³/mol. The molecule has 10 aliphatic carbocycles. The molecule has 14 aliphatic rings. The van der Waals surface area contributed by atoms with Crippen LogP contribution in [0.5, 0.6) is 0 Å². The zero-order valence-corrected chi connectivity index (χ0v) is 27.6. The quantitative estimate of drug-likeness (QED) is 0.391. The Hall–Kier alpha value is -0.240. The number of nitrogens with zero attached hydrogens (tertiary/aromatic N) is 6. The molecule has 0 aromatic rings. The molecule has 4 heterocycles. The molecule has 44 heavy (non-hydrogen) atoms. The van der Waals surface area contributed by atoms with Crippen molar-refractivity contribution in [3.8, 4) is 0 Å². The second-order valence-electron chi connectivity index (χ2n) is 19.7. The fourth-order valence-corrected chi connectivity index (χ4v) is 16.7. The minimum Gasteiger partial charge on any atom is -0.272 e. The molecule has 242 valence electrons. The fourth-order valence-electron chi connectivity index (χ4n) is 16.7. The molecule has 0 radical (unpaired) electrons. The summed E-state index contributed by atoms with van der Waals surface area (Å²) in [5.74, 6) is 6.29. The lowest BCUT2D eigenvalue weighted by Crippen LogP contribution is -2.89. The highest BCUT2D eigenvalue weighted by atomic mass is 15.7. The standard InChI is InChI=1S/C38H60N6/c1-2-6-32-31(5-1)41-21-39(37-15-25-9-26(16-37)11-27(10-25)17-37)23-43-33-7-3-4-8-34(33)44-24-40(22-42(32)36(44)35(41)43)38-18-28-12-29(19-38)14-30(13-28)20-38/h25-36H,1-24H2/t25?,26?,27?,28?,29?,30?,31-,32?,33?,34?,35?,36?,37?,38?/m0/s1. The van der Waals surface area contributed by atoms with Crippen molar-refractivity contribution in [2.75, 3.05) is 26.7 Å². The minimum absolute atomic E-state index is 0.532. The van der Waals surface area contributed by atoms with Crippen molar-refractivity contribution in [1.29, 1.82) is 0 Å². The van der Waals surface area contributed by atoms with E-state index in [-0.39, 0.29) is 0 Å². The van der Waals surface area contributed by atoms with Gasteiger partial charge in [0, 0.05) is 35.2 Å². The van der Waals surface area contributed by atoms with Gasteiger partial charge in [-0.15, -0.1) is 0 Å². The van der Waals surface area contributed by atoms with E-state index in [1.807, 2.05) is 0 Å². The van der Waals surface area contributed by atoms with Gasteiger partial charge in [0.25, 0.3) is 0 Å². The smallest absolute Gasteiger partial charge is 0.0948 e. The molecule has 4 aliphatic heterocycles. The Morgan fingerprint density at radius 3 is 0.841 bits per heavy atom. The Bertz CT molecular complexity index is 981. The molecular weight excluding hydrogens is 540 g/mol. The molecule has 6 heteroatoms. The third-order valence-corrected chi connectivity index (χ3v) is 17.4. The Morgan fingerprint density at radius 1 is 0.341 bits per heavy atom. The van der Waals surface area contributed by atoms with Gasteiger partial charge in [-0.1, -0.05) is 25.7 Å². The third-order valence-electron chi connectivity index (χ3n) is 17.4. The van der Waals surface area contributed by atoms with E-state index in [1.165, 1.54) is 117 Å². The van der Waals surface area contributed by atoms with Crippen LogP contribution >= 0.6 is 0 Å². The lowest BCUT2D eigenvalue weighted by Gasteiger charge is -2.75. The number of piperazine rings is 2. The molecule has 4 saturated heterocycles. The molecular formula is C38H60N6. The van der Waals surface area contributed by atoms with Gasteiger partial charge in [0.1, 0.15) is 0 Å². The van der Waals surface area contributed by atoms with Gasteiger partial charge in [0.2, 0.25) is 0 Å². The number of hydrogen-bond donors (Lipinski definition) is 0. The van der Waals surface area contributed by atoms with Crippen molar-refractivity contribution in [2.45, 2.75) is 176 Å². The van der Waals surface area contributed by atoms with E-state index in [0.29, 0.717) is 23.4 Å². The van der Waals surface area contributed by atoms with E-state index in [2.05, 4.69) is 29.4 Å². The van der Waals surface area contributed by atoms with Crippen LogP contribution in [0.25, 0.3) is 0 Å². The number of fused-ring (bicyclic) bond motifs is 6. The largest absolute Gasteiger partial charge is 0.272 e. The van der Waals surface area contributed by atoms with Gasteiger partial charge in [0.05, 0.1) is 39.0 Å². The molecule has 0 spiro atoms. The van der Waals surface area contributed by atoms with E-state index in [0.717, 1.165) is 59.7 Å². The molecule has 14 rings (SSSR count). The maximum absolute atomic E-state index is 3.21. The van der Waals surface area contributed by atoms with Gasteiger partial charge in [-0.3, -0.25) is 29.4 Å². The summed E-state index contributed by atoms with van der Waals surface area (Å²) in [7, 11) is 0. The van der Waals surface area contributed by atoms with Gasteiger partial charge in [-0.25, -0.2) is 0 Å². The SMILES string of the molecule is C1CCC2C(C1)N1CN(C34CC5CC(CC(C5)C3)C4)CN3C4CCCC[C@@H]4N4CN(C56CC7CC(CC(C7)C5)C6)CN2C4C13. The second-order valence-corrected chi connectivity index (χ2v) is 19.7. The topological polar surface area (TPSA) is 19.4 Å². The molecule has 0 aromatic heterocycles. The van der Waals surface area contributed by atoms with E-state index < -0.39 is 0 Å². The van der Waals surface area contributed by atoms with Crippen LogP contribution < -0.4 is 0 Å². The normalized spacial score (nSPS) is 58.6. The van der Waals surface area contributed by atoms with Crippen LogP contribution in [0.4, 0.5) is 0 Å². The molecule has 0 N–H and O–H groups in total. The lowest BCUT2D eigenvalue weighted by molar-refractivity contribution is -0.319. The highest BCUT2D eigenvalue weighted by molar-refractivity contribution is 5.17. The van der Waals surface area contributed by atoms with Crippen LogP contribution in [0.3, 0.4) is 0 Å². The Morgan fingerprint density at radius 2 is 0.591 bits per heavy atom. The van der Waals surface area contributed by atoms with Crippen molar-refractivity contribution in [3.05, 3.63) is 0 Å². The second kappa shape index (κ2) is 9.26. The maximum Gasteiger partial charge on any atom is 0.0948 e. The summed E-state index contributed by atoms with van der Waals surface area (Å²) in [4.78, 5) is 19.2. The zero-order chi connectivity index (χ0) is 28.4. The first kappa shape index (κ1) is 26.7. The highest BCUT2D eigenvalue weighted by Gasteiger charge is 2.66. The fraction of sp³-hybridized carbons (Fsp3) is 1.00. The van der Waals surface area contributed by atoms with Crippen LogP contribution in [0.1, 0.15) is 128 Å². The molecule has 14 fully saturated rings. The molecule has 6 atom stereocenters. The Kier molecular flexibility index (Phi) is 5.61. The van der Waals surface area contributed by atoms with Crippen molar-refractivity contribution in [2.24, 2.45) is 35.5 Å². The first-order chi connectivity index (χ1) is 21.6. The summed E-state index contributed by atoms with van der Waals surface area (Å²) >= 11 is 0. The van der Waals surface area contributed by atoms with Crippen LogP contribution in [-0.2, 0) is 0 Å². The van der Waals surface area contributed by atoms with E-state index in [4.69, 9.17) is 0 Å². The monoisotopic (exact) mass is 600 g/mol. The first-order valence-electron chi connectivity index (χ1n) is 20.1. The summed E-state index contributed by atoms with van der Waals surface area (Å²) in [5.41, 5.74) is 1.06. The Labute approximate surface area is 267 Å². The van der Waals surface area contributed by atoms with E-state index >= 15 is 0 Å².